The van der Waals surface area contributed by atoms with Gasteiger partial charge in [-0.3, -0.25) is 10.1 Å². The molecule has 2 aromatic carbocycles. The topological polar surface area (TPSA) is 107 Å². The van der Waals surface area contributed by atoms with Crippen molar-refractivity contribution >= 4 is 40.1 Å². The summed E-state index contributed by atoms with van der Waals surface area (Å²) < 4.78 is 10.3. The SMILES string of the molecule is Cc1ccc(-c2csc(NC(=O)COC(=O)c3ccccc3SCc3nc(C)no3)n2)cc1. The number of nitrogens with zero attached hydrogens (tertiary/aromatic N) is 3. The first-order valence-corrected chi connectivity index (χ1v) is 11.8. The van der Waals surface area contributed by atoms with Gasteiger partial charge in [-0.25, -0.2) is 9.78 Å². The van der Waals surface area contributed by atoms with Crippen LogP contribution in [0.25, 0.3) is 11.3 Å². The van der Waals surface area contributed by atoms with Crippen molar-refractivity contribution in [1.29, 1.82) is 0 Å². The van der Waals surface area contributed by atoms with Crippen LogP contribution in [0.3, 0.4) is 0 Å². The number of rotatable bonds is 8. The Hall–Kier alpha value is -3.50. The number of thiazole rings is 1. The average Bonchev–Trinajstić information content (AvgIpc) is 3.45. The van der Waals surface area contributed by atoms with Crippen molar-refractivity contribution in [3.05, 3.63) is 76.8 Å². The Balaban J connectivity index is 1.32. The number of carbonyl (C=O) groups is 2. The van der Waals surface area contributed by atoms with Crippen LogP contribution in [0.2, 0.25) is 0 Å². The number of nitrogens with one attached hydrogen (secondary N) is 1. The van der Waals surface area contributed by atoms with E-state index in [0.29, 0.717) is 33.1 Å². The van der Waals surface area contributed by atoms with Gasteiger partial charge in [0.2, 0.25) is 5.89 Å². The predicted molar refractivity (Wildman–Crippen MR) is 126 cm³/mol. The summed E-state index contributed by atoms with van der Waals surface area (Å²) in [5.41, 5.74) is 3.26. The molecule has 4 aromatic rings. The molecule has 1 N–H and O–H groups in total. The van der Waals surface area contributed by atoms with Gasteiger partial charge >= 0.3 is 5.97 Å². The van der Waals surface area contributed by atoms with Crippen LogP contribution in [-0.4, -0.2) is 33.6 Å². The second-order valence-electron chi connectivity index (χ2n) is 7.05. The second-order valence-corrected chi connectivity index (χ2v) is 8.92. The molecule has 0 spiro atoms. The van der Waals surface area contributed by atoms with Crippen molar-refractivity contribution < 1.29 is 18.8 Å². The maximum absolute atomic E-state index is 12.6. The van der Waals surface area contributed by atoms with Gasteiger partial charge in [0, 0.05) is 15.8 Å². The van der Waals surface area contributed by atoms with E-state index in [2.05, 4.69) is 20.4 Å². The van der Waals surface area contributed by atoms with E-state index in [-0.39, 0.29) is 0 Å². The Kier molecular flexibility index (Phi) is 7.16. The summed E-state index contributed by atoms with van der Waals surface area (Å²) in [6.07, 6.45) is 0. The summed E-state index contributed by atoms with van der Waals surface area (Å²) >= 11 is 2.68. The summed E-state index contributed by atoms with van der Waals surface area (Å²) in [7, 11) is 0. The van der Waals surface area contributed by atoms with Gasteiger partial charge < -0.3 is 9.26 Å². The van der Waals surface area contributed by atoms with E-state index in [9.17, 15) is 9.59 Å². The van der Waals surface area contributed by atoms with Crippen LogP contribution in [0.1, 0.15) is 27.6 Å². The lowest BCUT2D eigenvalue weighted by atomic mass is 10.1. The third-order valence-electron chi connectivity index (χ3n) is 4.46. The molecule has 0 aliphatic carbocycles. The van der Waals surface area contributed by atoms with E-state index >= 15 is 0 Å². The molecule has 0 bridgehead atoms. The average molecular weight is 481 g/mol. The number of thioether (sulfide) groups is 1. The standard InChI is InChI=1S/C23H20N4O4S2/c1-14-7-9-16(10-8-14)18-12-33-23(25-18)26-20(28)11-30-22(29)17-5-3-4-6-19(17)32-13-21-24-15(2)27-31-21/h3-10,12H,11,13H2,1-2H3,(H,25,26,28). The van der Waals surface area contributed by atoms with Gasteiger partial charge in [0.05, 0.1) is 17.0 Å². The third-order valence-corrected chi connectivity index (χ3v) is 6.28. The molecule has 4 rings (SSSR count). The maximum atomic E-state index is 12.6. The normalized spacial score (nSPS) is 10.7. The highest BCUT2D eigenvalue weighted by Crippen LogP contribution is 2.27. The van der Waals surface area contributed by atoms with Crippen molar-refractivity contribution in [3.8, 4) is 11.3 Å². The molecule has 0 saturated heterocycles. The molecule has 168 valence electrons. The highest BCUT2D eigenvalue weighted by Gasteiger charge is 2.16. The molecule has 0 aliphatic heterocycles. The van der Waals surface area contributed by atoms with Crippen LogP contribution in [0.5, 0.6) is 0 Å². The molecule has 10 heteroatoms. The minimum Gasteiger partial charge on any atom is -0.452 e. The first-order chi connectivity index (χ1) is 16.0. The zero-order valence-electron chi connectivity index (χ0n) is 17.9. The van der Waals surface area contributed by atoms with Crippen molar-refractivity contribution in [1.82, 2.24) is 15.1 Å². The number of amides is 1. The Labute approximate surface area is 198 Å². The van der Waals surface area contributed by atoms with Gasteiger partial charge in [0.15, 0.2) is 17.6 Å². The van der Waals surface area contributed by atoms with Gasteiger partial charge in [-0.1, -0.05) is 47.1 Å². The molecule has 0 atom stereocenters. The number of anilines is 1. The lowest BCUT2D eigenvalue weighted by Gasteiger charge is -2.08. The minimum atomic E-state index is -0.588. The smallest absolute Gasteiger partial charge is 0.339 e. The second kappa shape index (κ2) is 10.4. The molecule has 1 amide bonds. The Morgan fingerprint density at radius 2 is 1.88 bits per heavy atom. The quantitative estimate of drug-likeness (QED) is 0.280. The number of carbonyl (C=O) groups excluding carboxylic acids is 2. The molecule has 2 aromatic heterocycles. The lowest BCUT2D eigenvalue weighted by Crippen LogP contribution is -2.21. The first-order valence-electron chi connectivity index (χ1n) is 9.98. The van der Waals surface area contributed by atoms with Crippen molar-refractivity contribution in [3.63, 3.8) is 0 Å². The van der Waals surface area contributed by atoms with E-state index in [1.807, 2.05) is 42.6 Å². The van der Waals surface area contributed by atoms with Crippen LogP contribution >= 0.6 is 23.1 Å². The molecular formula is C23H20N4O4S2. The number of esters is 1. The molecule has 0 unspecified atom stereocenters. The fourth-order valence-corrected chi connectivity index (χ4v) is 4.47. The summed E-state index contributed by atoms with van der Waals surface area (Å²) in [6, 6.07) is 15.0. The monoisotopic (exact) mass is 480 g/mol. The van der Waals surface area contributed by atoms with Gasteiger partial charge in [-0.05, 0) is 26.0 Å². The van der Waals surface area contributed by atoms with E-state index in [0.717, 1.165) is 16.8 Å². The van der Waals surface area contributed by atoms with E-state index < -0.39 is 18.5 Å². The van der Waals surface area contributed by atoms with Crippen LogP contribution in [-0.2, 0) is 15.3 Å². The molecule has 33 heavy (non-hydrogen) atoms. The largest absolute Gasteiger partial charge is 0.452 e. The van der Waals surface area contributed by atoms with Gasteiger partial charge in [0.1, 0.15) is 0 Å². The molecule has 0 fully saturated rings. The highest BCUT2D eigenvalue weighted by atomic mass is 32.2. The first kappa shape index (κ1) is 22.7. The van der Waals surface area contributed by atoms with Crippen molar-refractivity contribution in [2.45, 2.75) is 24.5 Å². The van der Waals surface area contributed by atoms with E-state index in [1.54, 1.807) is 25.1 Å². The van der Waals surface area contributed by atoms with Crippen LogP contribution in [0.4, 0.5) is 5.13 Å². The highest BCUT2D eigenvalue weighted by molar-refractivity contribution is 7.98. The molecule has 8 nitrogen and oxygen atoms in total. The fourth-order valence-electron chi connectivity index (χ4n) is 2.85. The van der Waals surface area contributed by atoms with Crippen LogP contribution in [0, 0.1) is 13.8 Å². The van der Waals surface area contributed by atoms with Gasteiger partial charge in [0.25, 0.3) is 5.91 Å². The Morgan fingerprint density at radius 3 is 2.64 bits per heavy atom. The summed E-state index contributed by atoms with van der Waals surface area (Å²) in [4.78, 5) is 34.1. The zero-order chi connectivity index (χ0) is 23.2. The predicted octanol–water partition coefficient (Wildman–Crippen LogP) is 4.90. The van der Waals surface area contributed by atoms with E-state index in [4.69, 9.17) is 9.26 Å². The minimum absolute atomic E-state index is 0.363. The lowest BCUT2D eigenvalue weighted by molar-refractivity contribution is -0.119. The summed E-state index contributed by atoms with van der Waals surface area (Å²) in [5.74, 6) is 0.386. The van der Waals surface area contributed by atoms with Crippen LogP contribution in [0.15, 0.2) is 63.3 Å². The van der Waals surface area contributed by atoms with Crippen molar-refractivity contribution in [2.24, 2.45) is 0 Å². The van der Waals surface area contributed by atoms with E-state index in [1.165, 1.54) is 23.1 Å². The summed E-state index contributed by atoms with van der Waals surface area (Å²) in [5, 5.41) is 8.73. The number of benzene rings is 2. The number of hydrogen-bond acceptors (Lipinski definition) is 9. The number of aromatic nitrogens is 3. The fraction of sp³-hybridized carbons (Fsp3) is 0.174. The molecule has 0 aliphatic rings. The number of ether oxygens (including phenoxy) is 1. The molecule has 2 heterocycles. The molecule has 0 saturated carbocycles. The zero-order valence-corrected chi connectivity index (χ0v) is 19.5. The number of aryl methyl sites for hydroxylation is 2. The van der Waals surface area contributed by atoms with Crippen LogP contribution < -0.4 is 5.32 Å². The maximum Gasteiger partial charge on any atom is 0.339 e. The molecular weight excluding hydrogens is 460 g/mol. The Morgan fingerprint density at radius 1 is 1.09 bits per heavy atom. The molecule has 0 radical (unpaired) electrons. The van der Waals surface area contributed by atoms with Gasteiger partial charge in [-0.2, -0.15) is 4.98 Å². The Bertz CT molecular complexity index is 1270. The number of hydrogen-bond donors (Lipinski definition) is 1. The third kappa shape index (κ3) is 6.05. The summed E-state index contributed by atoms with van der Waals surface area (Å²) in [6.45, 7) is 3.34. The van der Waals surface area contributed by atoms with Crippen molar-refractivity contribution in [2.75, 3.05) is 11.9 Å². The van der Waals surface area contributed by atoms with Gasteiger partial charge in [-0.15, -0.1) is 23.1 Å².